The van der Waals surface area contributed by atoms with Crippen LogP contribution in [0.1, 0.15) is 18.4 Å². The van der Waals surface area contributed by atoms with Crippen LogP contribution in [0.15, 0.2) is 12.3 Å². The van der Waals surface area contributed by atoms with Crippen LogP contribution in [0.25, 0.3) is 0 Å². The van der Waals surface area contributed by atoms with Gasteiger partial charge >= 0.3 is 0 Å². The van der Waals surface area contributed by atoms with Gasteiger partial charge in [-0.2, -0.15) is 0 Å². The van der Waals surface area contributed by atoms with E-state index in [-0.39, 0.29) is 0 Å². The van der Waals surface area contributed by atoms with Crippen LogP contribution in [0.4, 0.5) is 0 Å². The molecule has 0 atom stereocenters. The van der Waals surface area contributed by atoms with E-state index in [2.05, 4.69) is 9.97 Å². The highest BCUT2D eigenvalue weighted by molar-refractivity contribution is 5.02. The molecule has 1 rings (SSSR count). The molecule has 0 bridgehead atoms. The molecule has 0 aliphatic heterocycles. The molecule has 2 N–H and O–H groups in total. The molecule has 4 heteroatoms. The average molecular weight is 181 g/mol. The van der Waals surface area contributed by atoms with E-state index in [0.717, 1.165) is 17.9 Å². The zero-order valence-corrected chi connectivity index (χ0v) is 7.86. The Balaban J connectivity index is 2.56. The fourth-order valence-corrected chi connectivity index (χ4v) is 0.991. The fraction of sp³-hybridized carbons (Fsp3) is 0.556. The molecular weight excluding hydrogens is 166 g/mol. The predicted octanol–water partition coefficient (Wildman–Crippen LogP) is 0.514. The first-order valence-corrected chi connectivity index (χ1v) is 4.45. The van der Waals surface area contributed by atoms with Crippen LogP contribution in [-0.2, 0) is 17.8 Å². The normalized spacial score (nSPS) is 10.3. The number of hydrogen-bond donors (Lipinski definition) is 1. The maximum atomic E-state index is 5.42. The molecule has 4 nitrogen and oxygen atoms in total. The van der Waals surface area contributed by atoms with E-state index in [0.29, 0.717) is 19.8 Å². The lowest BCUT2D eigenvalue weighted by Crippen LogP contribution is -2.07. The van der Waals surface area contributed by atoms with Crippen LogP contribution >= 0.6 is 0 Å². The molecule has 0 aliphatic rings. The molecule has 0 aliphatic carbocycles. The first-order valence-electron chi connectivity index (χ1n) is 4.45. The summed E-state index contributed by atoms with van der Waals surface area (Å²) < 4.78 is 5.20. The molecule has 0 spiro atoms. The van der Waals surface area contributed by atoms with Crippen LogP contribution in [0.5, 0.6) is 0 Å². The van der Waals surface area contributed by atoms with Crippen molar-refractivity contribution in [1.29, 1.82) is 0 Å². The van der Waals surface area contributed by atoms with Crippen molar-refractivity contribution in [1.82, 2.24) is 9.97 Å². The third-order valence-electron chi connectivity index (χ3n) is 1.60. The van der Waals surface area contributed by atoms with Crippen molar-refractivity contribution in [3.05, 3.63) is 23.8 Å². The minimum Gasteiger partial charge on any atom is -0.374 e. The summed E-state index contributed by atoms with van der Waals surface area (Å²) in [6, 6.07) is 1.88. The standard InChI is InChI=1S/C9H15N3O/c1-2-13-7-9-11-6-4-8(12-9)3-5-10/h4,6H,2-3,5,7,10H2,1H3. The molecule has 0 saturated carbocycles. The number of nitrogens with two attached hydrogens (primary N) is 1. The monoisotopic (exact) mass is 181 g/mol. The van der Waals surface area contributed by atoms with Gasteiger partial charge < -0.3 is 10.5 Å². The van der Waals surface area contributed by atoms with Gasteiger partial charge in [0.1, 0.15) is 6.61 Å². The Morgan fingerprint density at radius 2 is 2.38 bits per heavy atom. The van der Waals surface area contributed by atoms with E-state index < -0.39 is 0 Å². The minimum absolute atomic E-state index is 0.481. The van der Waals surface area contributed by atoms with Gasteiger partial charge in [0.2, 0.25) is 0 Å². The van der Waals surface area contributed by atoms with Crippen molar-refractivity contribution in [2.24, 2.45) is 5.73 Å². The van der Waals surface area contributed by atoms with Crippen molar-refractivity contribution in [2.45, 2.75) is 20.0 Å². The van der Waals surface area contributed by atoms with E-state index in [4.69, 9.17) is 10.5 Å². The summed E-state index contributed by atoms with van der Waals surface area (Å²) in [5, 5.41) is 0. The largest absolute Gasteiger partial charge is 0.374 e. The summed E-state index contributed by atoms with van der Waals surface area (Å²) >= 11 is 0. The summed E-state index contributed by atoms with van der Waals surface area (Å²) in [7, 11) is 0. The van der Waals surface area contributed by atoms with Crippen LogP contribution in [0.2, 0.25) is 0 Å². The molecular formula is C9H15N3O. The van der Waals surface area contributed by atoms with Gasteiger partial charge in [-0.15, -0.1) is 0 Å². The van der Waals surface area contributed by atoms with Gasteiger partial charge in [-0.3, -0.25) is 0 Å². The van der Waals surface area contributed by atoms with Crippen LogP contribution in [0.3, 0.4) is 0 Å². The Kier molecular flexibility index (Phi) is 4.35. The van der Waals surface area contributed by atoms with Crippen LogP contribution in [0, 0.1) is 0 Å². The van der Waals surface area contributed by atoms with Crippen molar-refractivity contribution in [2.75, 3.05) is 13.2 Å². The number of rotatable bonds is 5. The summed E-state index contributed by atoms with van der Waals surface area (Å²) in [6.45, 7) is 3.73. The smallest absolute Gasteiger partial charge is 0.154 e. The molecule has 0 fully saturated rings. The highest BCUT2D eigenvalue weighted by Crippen LogP contribution is 1.97. The lowest BCUT2D eigenvalue weighted by Gasteiger charge is -2.02. The quantitative estimate of drug-likeness (QED) is 0.719. The molecule has 1 aromatic heterocycles. The Hall–Kier alpha value is -1.00. The molecule has 13 heavy (non-hydrogen) atoms. The van der Waals surface area contributed by atoms with Crippen LogP contribution in [-0.4, -0.2) is 23.1 Å². The minimum atomic E-state index is 0.481. The molecule has 72 valence electrons. The van der Waals surface area contributed by atoms with E-state index in [1.165, 1.54) is 0 Å². The zero-order valence-electron chi connectivity index (χ0n) is 7.86. The molecule has 0 unspecified atom stereocenters. The molecule has 1 heterocycles. The van der Waals surface area contributed by atoms with Crippen molar-refractivity contribution >= 4 is 0 Å². The second kappa shape index (κ2) is 5.61. The number of nitrogens with zero attached hydrogens (tertiary/aromatic N) is 2. The Bertz CT molecular complexity index is 252. The van der Waals surface area contributed by atoms with Gasteiger partial charge in [0.15, 0.2) is 5.82 Å². The fourth-order valence-electron chi connectivity index (χ4n) is 0.991. The summed E-state index contributed by atoms with van der Waals surface area (Å²) in [5.74, 6) is 0.729. The van der Waals surface area contributed by atoms with E-state index in [1.54, 1.807) is 6.20 Å². The van der Waals surface area contributed by atoms with Crippen molar-refractivity contribution in [3.8, 4) is 0 Å². The average Bonchev–Trinajstić information content (AvgIpc) is 2.16. The Morgan fingerprint density at radius 3 is 3.08 bits per heavy atom. The number of aromatic nitrogens is 2. The van der Waals surface area contributed by atoms with Gasteiger partial charge in [-0.05, 0) is 19.5 Å². The Morgan fingerprint density at radius 1 is 1.54 bits per heavy atom. The van der Waals surface area contributed by atoms with E-state index >= 15 is 0 Å². The lowest BCUT2D eigenvalue weighted by molar-refractivity contribution is 0.128. The topological polar surface area (TPSA) is 61.0 Å². The highest BCUT2D eigenvalue weighted by Gasteiger charge is 1.97. The second-order valence-corrected chi connectivity index (χ2v) is 2.64. The second-order valence-electron chi connectivity index (χ2n) is 2.64. The first kappa shape index (κ1) is 10.1. The van der Waals surface area contributed by atoms with E-state index in [1.807, 2.05) is 13.0 Å². The maximum absolute atomic E-state index is 5.42. The zero-order chi connectivity index (χ0) is 9.52. The summed E-state index contributed by atoms with van der Waals surface area (Å²) in [4.78, 5) is 8.37. The molecule has 0 aromatic carbocycles. The third kappa shape index (κ3) is 3.48. The van der Waals surface area contributed by atoms with Crippen molar-refractivity contribution in [3.63, 3.8) is 0 Å². The summed E-state index contributed by atoms with van der Waals surface area (Å²) in [6.07, 6.45) is 2.54. The van der Waals surface area contributed by atoms with Gasteiger partial charge in [0.25, 0.3) is 0 Å². The Labute approximate surface area is 78.1 Å². The number of hydrogen-bond acceptors (Lipinski definition) is 4. The van der Waals surface area contributed by atoms with Crippen molar-refractivity contribution < 1.29 is 4.74 Å². The van der Waals surface area contributed by atoms with Gasteiger partial charge in [-0.25, -0.2) is 9.97 Å². The molecule has 0 saturated heterocycles. The maximum Gasteiger partial charge on any atom is 0.154 e. The molecule has 0 radical (unpaired) electrons. The summed E-state index contributed by atoms with van der Waals surface area (Å²) in [5.41, 5.74) is 6.40. The van der Waals surface area contributed by atoms with Gasteiger partial charge in [-0.1, -0.05) is 0 Å². The van der Waals surface area contributed by atoms with Crippen LogP contribution < -0.4 is 5.73 Å². The molecule has 0 amide bonds. The van der Waals surface area contributed by atoms with Gasteiger partial charge in [0, 0.05) is 24.9 Å². The highest BCUT2D eigenvalue weighted by atomic mass is 16.5. The first-order chi connectivity index (χ1) is 6.36. The lowest BCUT2D eigenvalue weighted by atomic mass is 10.3. The SMILES string of the molecule is CCOCc1nccc(CCN)n1. The predicted molar refractivity (Wildman–Crippen MR) is 50.1 cm³/mol. The number of ether oxygens (including phenoxy) is 1. The molecule has 1 aromatic rings. The van der Waals surface area contributed by atoms with E-state index in [9.17, 15) is 0 Å². The third-order valence-corrected chi connectivity index (χ3v) is 1.60. The van der Waals surface area contributed by atoms with Gasteiger partial charge in [0.05, 0.1) is 0 Å².